The van der Waals surface area contributed by atoms with Gasteiger partial charge in [0.2, 0.25) is 12.7 Å². The molecule has 33 heavy (non-hydrogen) atoms. The molecule has 2 aromatic heterocycles. The number of fused-ring (bicyclic) bond motifs is 2. The maximum absolute atomic E-state index is 11.7. The fourth-order valence-electron chi connectivity index (χ4n) is 4.80. The van der Waals surface area contributed by atoms with Gasteiger partial charge in [0, 0.05) is 54.2 Å². The Morgan fingerprint density at radius 1 is 1.09 bits per heavy atom. The van der Waals surface area contributed by atoms with Crippen molar-refractivity contribution in [1.29, 1.82) is 0 Å². The molecule has 1 amide bonds. The molecule has 0 radical (unpaired) electrons. The van der Waals surface area contributed by atoms with Gasteiger partial charge in [-0.2, -0.15) is 0 Å². The van der Waals surface area contributed by atoms with Gasteiger partial charge in [0.25, 0.3) is 0 Å². The van der Waals surface area contributed by atoms with Crippen LogP contribution in [0.5, 0.6) is 11.5 Å². The van der Waals surface area contributed by atoms with Gasteiger partial charge in [0.05, 0.1) is 0 Å². The number of aromatic nitrogens is 2. The minimum atomic E-state index is 0.122. The molecule has 0 unspecified atom stereocenters. The Morgan fingerprint density at radius 2 is 1.91 bits per heavy atom. The highest BCUT2D eigenvalue weighted by Crippen LogP contribution is 2.43. The Morgan fingerprint density at radius 3 is 2.73 bits per heavy atom. The molecule has 1 saturated heterocycles. The lowest BCUT2D eigenvalue weighted by Crippen LogP contribution is -2.36. The zero-order valence-corrected chi connectivity index (χ0v) is 18.7. The maximum Gasteiger partial charge on any atom is 0.231 e. The van der Waals surface area contributed by atoms with E-state index in [4.69, 9.17) is 18.9 Å². The number of aryl methyl sites for hydroxylation is 1. The number of hydrogen-bond donors (Lipinski definition) is 1. The van der Waals surface area contributed by atoms with E-state index in [9.17, 15) is 4.79 Å². The molecule has 1 fully saturated rings. The minimum absolute atomic E-state index is 0.122. The molecule has 6 rings (SSSR count). The average molecular weight is 444 g/mol. The fraction of sp³-hybridized carbons (Fsp3) is 0.308. The van der Waals surface area contributed by atoms with Gasteiger partial charge in [-0.05, 0) is 50.1 Å². The number of carbonyl (C=O) groups excluding carboxylic acids is 1. The van der Waals surface area contributed by atoms with Gasteiger partial charge < -0.3 is 23.8 Å². The largest absolute Gasteiger partial charge is 0.454 e. The minimum Gasteiger partial charge on any atom is -0.454 e. The number of hydrogen-bond acceptors (Lipinski definition) is 5. The number of oxazole rings is 1. The number of carbonyl (C=O) groups is 1. The normalized spacial score (nSPS) is 16.0. The molecule has 168 valence electrons. The molecule has 0 spiro atoms. The van der Waals surface area contributed by atoms with Gasteiger partial charge in [-0.1, -0.05) is 11.6 Å². The third-order valence-corrected chi connectivity index (χ3v) is 6.66. The topological polar surface area (TPSA) is 80.6 Å². The van der Waals surface area contributed by atoms with E-state index in [1.54, 1.807) is 6.92 Å². The number of H-pyrrole nitrogens is 1. The van der Waals surface area contributed by atoms with Crippen LogP contribution in [0.2, 0.25) is 0 Å². The lowest BCUT2D eigenvalue weighted by Gasteiger charge is -2.29. The summed E-state index contributed by atoms with van der Waals surface area (Å²) >= 11 is 0. The van der Waals surface area contributed by atoms with Crippen LogP contribution in [0, 0.1) is 6.92 Å². The molecule has 0 aliphatic carbocycles. The number of piperidine rings is 1. The first-order valence-corrected chi connectivity index (χ1v) is 11.3. The highest BCUT2D eigenvalue weighted by Gasteiger charge is 2.29. The van der Waals surface area contributed by atoms with Gasteiger partial charge in [-0.3, -0.25) is 4.79 Å². The summed E-state index contributed by atoms with van der Waals surface area (Å²) in [6.07, 6.45) is 3.67. The van der Waals surface area contributed by atoms with Crippen LogP contribution in [0.15, 0.2) is 47.0 Å². The van der Waals surface area contributed by atoms with Gasteiger partial charge in [-0.25, -0.2) is 4.98 Å². The molecule has 4 aromatic rings. The van der Waals surface area contributed by atoms with E-state index in [0.717, 1.165) is 71.1 Å². The summed E-state index contributed by atoms with van der Waals surface area (Å²) in [5.41, 5.74) is 4.94. The summed E-state index contributed by atoms with van der Waals surface area (Å²) in [5.74, 6) is 3.22. The van der Waals surface area contributed by atoms with E-state index in [-0.39, 0.29) is 18.6 Å². The van der Waals surface area contributed by atoms with Crippen LogP contribution in [0.25, 0.3) is 33.5 Å². The second-order valence-electron chi connectivity index (χ2n) is 8.83. The molecule has 7 nitrogen and oxygen atoms in total. The molecular formula is C26H25N3O4. The van der Waals surface area contributed by atoms with Crippen LogP contribution in [0.3, 0.4) is 0 Å². The van der Waals surface area contributed by atoms with Crippen molar-refractivity contribution in [1.82, 2.24) is 14.9 Å². The monoisotopic (exact) mass is 443 g/mol. The van der Waals surface area contributed by atoms with Crippen LogP contribution in [-0.4, -0.2) is 40.7 Å². The van der Waals surface area contributed by atoms with E-state index in [0.29, 0.717) is 5.75 Å². The molecule has 4 heterocycles. The standard InChI is InChI=1S/C26H25N3O4/c1-15-3-5-21-19(11-15)20(13-27-21)25-24(18-4-6-22-23(12-18)32-14-31-22)28-26(33-25)17-7-9-29(10-8-17)16(2)30/h3-6,11-13,17,27H,7-10,14H2,1-2H3. The Bertz CT molecular complexity index is 1360. The van der Waals surface area contributed by atoms with E-state index in [1.165, 1.54) is 5.56 Å². The zero-order valence-electron chi connectivity index (χ0n) is 18.7. The quantitative estimate of drug-likeness (QED) is 0.468. The zero-order chi connectivity index (χ0) is 22.5. The van der Waals surface area contributed by atoms with Crippen LogP contribution in [0.1, 0.15) is 37.1 Å². The molecule has 2 aromatic carbocycles. The van der Waals surface area contributed by atoms with Crippen molar-refractivity contribution in [3.8, 4) is 34.1 Å². The van der Waals surface area contributed by atoms with Gasteiger partial charge in [-0.15, -0.1) is 0 Å². The molecule has 0 atom stereocenters. The Hall–Kier alpha value is -3.74. The summed E-state index contributed by atoms with van der Waals surface area (Å²) in [4.78, 5) is 22.0. The Kier molecular flexibility index (Phi) is 4.64. The number of benzene rings is 2. The third-order valence-electron chi connectivity index (χ3n) is 6.66. The third kappa shape index (κ3) is 3.44. The summed E-state index contributed by atoms with van der Waals surface area (Å²) in [7, 11) is 0. The van der Waals surface area contributed by atoms with Crippen LogP contribution < -0.4 is 9.47 Å². The maximum atomic E-state index is 11.7. The number of ether oxygens (including phenoxy) is 2. The molecule has 0 saturated carbocycles. The lowest BCUT2D eigenvalue weighted by molar-refractivity contribution is -0.129. The molecule has 7 heteroatoms. The highest BCUT2D eigenvalue weighted by atomic mass is 16.7. The van der Waals surface area contributed by atoms with E-state index in [2.05, 4.69) is 30.1 Å². The van der Waals surface area contributed by atoms with Crippen LogP contribution in [0.4, 0.5) is 0 Å². The van der Waals surface area contributed by atoms with Crippen molar-refractivity contribution >= 4 is 16.8 Å². The summed E-state index contributed by atoms with van der Waals surface area (Å²) in [5, 5.41) is 1.10. The highest BCUT2D eigenvalue weighted by molar-refractivity contribution is 5.97. The Balaban J connectivity index is 1.46. The van der Waals surface area contributed by atoms with Crippen molar-refractivity contribution in [2.45, 2.75) is 32.6 Å². The Labute approximate surface area is 191 Å². The number of aromatic amines is 1. The van der Waals surface area contributed by atoms with Crippen molar-refractivity contribution < 1.29 is 18.7 Å². The summed E-state index contributed by atoms with van der Waals surface area (Å²) in [6, 6.07) is 12.2. The number of nitrogens with one attached hydrogen (secondary N) is 1. The van der Waals surface area contributed by atoms with Gasteiger partial charge >= 0.3 is 0 Å². The molecule has 0 bridgehead atoms. The predicted molar refractivity (Wildman–Crippen MR) is 124 cm³/mol. The second-order valence-corrected chi connectivity index (χ2v) is 8.83. The van der Waals surface area contributed by atoms with E-state index in [1.807, 2.05) is 29.3 Å². The number of rotatable bonds is 3. The van der Waals surface area contributed by atoms with Crippen molar-refractivity contribution in [2.75, 3.05) is 19.9 Å². The molecule has 1 N–H and O–H groups in total. The lowest BCUT2D eigenvalue weighted by atomic mass is 9.97. The number of likely N-dealkylation sites (tertiary alicyclic amines) is 1. The second kappa shape index (κ2) is 7.69. The van der Waals surface area contributed by atoms with Crippen LogP contribution in [-0.2, 0) is 4.79 Å². The molecule has 2 aliphatic rings. The van der Waals surface area contributed by atoms with Gasteiger partial charge in [0.15, 0.2) is 23.1 Å². The number of amides is 1. The first-order chi connectivity index (χ1) is 16.1. The SMILES string of the molecule is CC(=O)N1CCC(c2nc(-c3ccc4c(c3)OCO4)c(-c3c[nH]c4ccc(C)cc34)o2)CC1. The molecule has 2 aliphatic heterocycles. The van der Waals surface area contributed by atoms with Crippen molar-refractivity contribution in [3.63, 3.8) is 0 Å². The summed E-state index contributed by atoms with van der Waals surface area (Å²) < 4.78 is 17.6. The first kappa shape index (κ1) is 19.9. The van der Waals surface area contributed by atoms with Crippen LogP contribution >= 0.6 is 0 Å². The smallest absolute Gasteiger partial charge is 0.231 e. The van der Waals surface area contributed by atoms with E-state index >= 15 is 0 Å². The van der Waals surface area contributed by atoms with Crippen molar-refractivity contribution in [2.24, 2.45) is 0 Å². The number of nitrogens with zero attached hydrogens (tertiary/aromatic N) is 2. The predicted octanol–water partition coefficient (Wildman–Crippen LogP) is 5.25. The van der Waals surface area contributed by atoms with Gasteiger partial charge in [0.1, 0.15) is 5.69 Å². The van der Waals surface area contributed by atoms with E-state index < -0.39 is 0 Å². The average Bonchev–Trinajstić information content (AvgIpc) is 3.56. The summed E-state index contributed by atoms with van der Waals surface area (Å²) in [6.45, 7) is 5.39. The molecular weight excluding hydrogens is 418 g/mol. The fourth-order valence-corrected chi connectivity index (χ4v) is 4.80. The van der Waals surface area contributed by atoms with Crippen molar-refractivity contribution in [3.05, 3.63) is 54.0 Å². The first-order valence-electron chi connectivity index (χ1n) is 11.3.